The SMILES string of the molecule is C=CCc1cc(C(=O)N2CCN(Cc3ccccc3)CC2)ccc1OC. The maximum Gasteiger partial charge on any atom is 0.253 e. The number of carbonyl (C=O) groups excluding carboxylic acids is 1. The Hall–Kier alpha value is -2.59. The van der Waals surface area contributed by atoms with E-state index in [1.165, 1.54) is 5.56 Å². The van der Waals surface area contributed by atoms with E-state index in [0.717, 1.165) is 49.6 Å². The topological polar surface area (TPSA) is 32.8 Å². The molecule has 0 unspecified atom stereocenters. The van der Waals surface area contributed by atoms with Gasteiger partial charge in [0, 0.05) is 38.3 Å². The minimum atomic E-state index is 0.0947. The fraction of sp³-hybridized carbons (Fsp3) is 0.318. The number of allylic oxidation sites excluding steroid dienone is 1. The lowest BCUT2D eigenvalue weighted by molar-refractivity contribution is 0.0628. The molecule has 2 aromatic carbocycles. The summed E-state index contributed by atoms with van der Waals surface area (Å²) in [5.74, 6) is 0.895. The molecule has 1 aliphatic rings. The molecular formula is C22H26N2O2. The average molecular weight is 350 g/mol. The quantitative estimate of drug-likeness (QED) is 0.749. The standard InChI is InChI=1S/C22H26N2O2/c1-3-7-19-16-20(10-11-21(19)26-2)22(25)24-14-12-23(13-15-24)17-18-8-5-4-6-9-18/h3-6,8-11,16H,1,7,12-15,17H2,2H3. The average Bonchev–Trinajstić information content (AvgIpc) is 2.69. The van der Waals surface area contributed by atoms with Crippen LogP contribution in [0.3, 0.4) is 0 Å². The Balaban J connectivity index is 1.61. The fourth-order valence-corrected chi connectivity index (χ4v) is 3.36. The molecule has 0 aromatic heterocycles. The van der Waals surface area contributed by atoms with Crippen molar-refractivity contribution in [2.24, 2.45) is 0 Å². The second-order valence-corrected chi connectivity index (χ2v) is 6.57. The molecule has 1 heterocycles. The fourth-order valence-electron chi connectivity index (χ4n) is 3.36. The molecule has 3 rings (SSSR count). The zero-order valence-electron chi connectivity index (χ0n) is 15.4. The first-order chi connectivity index (χ1) is 12.7. The van der Waals surface area contributed by atoms with Gasteiger partial charge in [-0.05, 0) is 35.7 Å². The third-order valence-electron chi connectivity index (χ3n) is 4.80. The first-order valence-electron chi connectivity index (χ1n) is 9.04. The number of nitrogens with zero attached hydrogens (tertiary/aromatic N) is 2. The van der Waals surface area contributed by atoms with Gasteiger partial charge >= 0.3 is 0 Å². The first kappa shape index (κ1) is 18.2. The van der Waals surface area contributed by atoms with Gasteiger partial charge in [0.25, 0.3) is 5.91 Å². The van der Waals surface area contributed by atoms with Crippen LogP contribution in [0.2, 0.25) is 0 Å². The predicted molar refractivity (Wildman–Crippen MR) is 105 cm³/mol. The molecule has 1 aliphatic heterocycles. The van der Waals surface area contributed by atoms with Gasteiger partial charge < -0.3 is 9.64 Å². The highest BCUT2D eigenvalue weighted by atomic mass is 16.5. The molecule has 0 saturated carbocycles. The lowest BCUT2D eigenvalue weighted by atomic mass is 10.1. The van der Waals surface area contributed by atoms with Gasteiger partial charge in [-0.25, -0.2) is 0 Å². The summed E-state index contributed by atoms with van der Waals surface area (Å²) in [6.07, 6.45) is 2.52. The summed E-state index contributed by atoms with van der Waals surface area (Å²) in [5.41, 5.74) is 3.03. The Bertz CT molecular complexity index is 750. The third-order valence-corrected chi connectivity index (χ3v) is 4.80. The van der Waals surface area contributed by atoms with Crippen LogP contribution in [0.1, 0.15) is 21.5 Å². The van der Waals surface area contributed by atoms with Crippen LogP contribution >= 0.6 is 0 Å². The van der Waals surface area contributed by atoms with Crippen molar-refractivity contribution in [1.29, 1.82) is 0 Å². The number of amides is 1. The van der Waals surface area contributed by atoms with Gasteiger partial charge in [-0.2, -0.15) is 0 Å². The lowest BCUT2D eigenvalue weighted by Gasteiger charge is -2.35. The van der Waals surface area contributed by atoms with Gasteiger partial charge in [0.1, 0.15) is 5.75 Å². The molecular weight excluding hydrogens is 324 g/mol. The van der Waals surface area contributed by atoms with Crippen molar-refractivity contribution in [2.45, 2.75) is 13.0 Å². The summed E-state index contributed by atoms with van der Waals surface area (Å²) in [6.45, 7) is 8.04. The molecule has 0 N–H and O–H groups in total. The van der Waals surface area contributed by atoms with E-state index in [9.17, 15) is 4.79 Å². The van der Waals surface area contributed by atoms with Crippen molar-refractivity contribution in [2.75, 3.05) is 33.3 Å². The lowest BCUT2D eigenvalue weighted by Crippen LogP contribution is -2.48. The Labute approximate surface area is 155 Å². The normalized spacial score (nSPS) is 14.9. The number of rotatable bonds is 6. The molecule has 4 heteroatoms. The monoisotopic (exact) mass is 350 g/mol. The number of hydrogen-bond donors (Lipinski definition) is 0. The molecule has 1 fully saturated rings. The molecule has 0 spiro atoms. The second-order valence-electron chi connectivity index (χ2n) is 6.57. The Morgan fingerprint density at radius 3 is 2.50 bits per heavy atom. The number of hydrogen-bond acceptors (Lipinski definition) is 3. The van der Waals surface area contributed by atoms with Gasteiger partial charge in [-0.1, -0.05) is 36.4 Å². The number of benzene rings is 2. The summed E-state index contributed by atoms with van der Waals surface area (Å²) in [5, 5.41) is 0. The summed E-state index contributed by atoms with van der Waals surface area (Å²) < 4.78 is 5.37. The van der Waals surface area contributed by atoms with Crippen LogP contribution in [0, 0.1) is 0 Å². The zero-order valence-corrected chi connectivity index (χ0v) is 15.4. The van der Waals surface area contributed by atoms with E-state index in [2.05, 4.69) is 35.7 Å². The van der Waals surface area contributed by atoms with Crippen molar-refractivity contribution in [3.05, 3.63) is 77.9 Å². The molecule has 0 bridgehead atoms. The number of methoxy groups -OCH3 is 1. The van der Waals surface area contributed by atoms with Crippen LogP contribution in [-0.2, 0) is 13.0 Å². The van der Waals surface area contributed by atoms with Gasteiger partial charge in [-0.15, -0.1) is 6.58 Å². The van der Waals surface area contributed by atoms with Crippen LogP contribution < -0.4 is 4.74 Å². The molecule has 136 valence electrons. The van der Waals surface area contributed by atoms with Crippen LogP contribution in [0.25, 0.3) is 0 Å². The Kier molecular flexibility index (Phi) is 6.08. The van der Waals surface area contributed by atoms with Crippen LogP contribution in [0.4, 0.5) is 0 Å². The molecule has 1 amide bonds. The van der Waals surface area contributed by atoms with E-state index in [1.54, 1.807) is 7.11 Å². The third kappa shape index (κ3) is 4.33. The maximum absolute atomic E-state index is 12.9. The smallest absolute Gasteiger partial charge is 0.253 e. The van der Waals surface area contributed by atoms with Crippen LogP contribution in [0.5, 0.6) is 5.75 Å². The zero-order chi connectivity index (χ0) is 18.4. The highest BCUT2D eigenvalue weighted by molar-refractivity contribution is 5.94. The van der Waals surface area contributed by atoms with Gasteiger partial charge in [0.05, 0.1) is 7.11 Å². The minimum Gasteiger partial charge on any atom is -0.496 e. The number of ether oxygens (including phenoxy) is 1. The van der Waals surface area contributed by atoms with Crippen molar-refractivity contribution in [3.8, 4) is 5.75 Å². The Morgan fingerprint density at radius 1 is 1.12 bits per heavy atom. The molecule has 0 aliphatic carbocycles. The van der Waals surface area contributed by atoms with Crippen molar-refractivity contribution >= 4 is 5.91 Å². The minimum absolute atomic E-state index is 0.0947. The van der Waals surface area contributed by atoms with E-state index in [0.29, 0.717) is 6.42 Å². The molecule has 0 atom stereocenters. The van der Waals surface area contributed by atoms with Crippen molar-refractivity contribution in [3.63, 3.8) is 0 Å². The van der Waals surface area contributed by atoms with E-state index in [1.807, 2.05) is 35.2 Å². The summed E-state index contributed by atoms with van der Waals surface area (Å²) in [4.78, 5) is 17.2. The van der Waals surface area contributed by atoms with Gasteiger partial charge in [-0.3, -0.25) is 9.69 Å². The number of carbonyl (C=O) groups is 1. The predicted octanol–water partition coefficient (Wildman–Crippen LogP) is 3.38. The molecule has 26 heavy (non-hydrogen) atoms. The summed E-state index contributed by atoms with van der Waals surface area (Å²) in [7, 11) is 1.65. The van der Waals surface area contributed by atoms with Crippen LogP contribution in [0.15, 0.2) is 61.2 Å². The highest BCUT2D eigenvalue weighted by Crippen LogP contribution is 2.22. The molecule has 1 saturated heterocycles. The Morgan fingerprint density at radius 2 is 1.85 bits per heavy atom. The summed E-state index contributed by atoms with van der Waals surface area (Å²) in [6, 6.07) is 16.1. The summed E-state index contributed by atoms with van der Waals surface area (Å²) >= 11 is 0. The molecule has 2 aromatic rings. The van der Waals surface area contributed by atoms with E-state index >= 15 is 0 Å². The number of piperazine rings is 1. The maximum atomic E-state index is 12.9. The van der Waals surface area contributed by atoms with Crippen LogP contribution in [-0.4, -0.2) is 49.0 Å². The first-order valence-corrected chi connectivity index (χ1v) is 9.04. The molecule has 4 nitrogen and oxygen atoms in total. The van der Waals surface area contributed by atoms with Crippen molar-refractivity contribution in [1.82, 2.24) is 9.80 Å². The van der Waals surface area contributed by atoms with E-state index in [4.69, 9.17) is 4.74 Å². The molecule has 0 radical (unpaired) electrons. The van der Waals surface area contributed by atoms with E-state index < -0.39 is 0 Å². The van der Waals surface area contributed by atoms with Gasteiger partial charge in [0.2, 0.25) is 0 Å². The highest BCUT2D eigenvalue weighted by Gasteiger charge is 2.22. The van der Waals surface area contributed by atoms with E-state index in [-0.39, 0.29) is 5.91 Å². The largest absolute Gasteiger partial charge is 0.496 e. The van der Waals surface area contributed by atoms with Gasteiger partial charge in [0.15, 0.2) is 0 Å². The van der Waals surface area contributed by atoms with Crippen molar-refractivity contribution < 1.29 is 9.53 Å². The second kappa shape index (κ2) is 8.68.